The monoisotopic (exact) mass is 337 g/mol. The van der Waals surface area contributed by atoms with Crippen LogP contribution in [0.25, 0.3) is 0 Å². The van der Waals surface area contributed by atoms with E-state index in [1.807, 2.05) is 27.7 Å². The van der Waals surface area contributed by atoms with Crippen LogP contribution in [0.15, 0.2) is 0 Å². The van der Waals surface area contributed by atoms with Gasteiger partial charge in [0.05, 0.1) is 12.2 Å². The molecule has 0 radical (unpaired) electrons. The average Bonchev–Trinajstić information content (AvgIpc) is 2.80. The fourth-order valence-corrected chi connectivity index (χ4v) is 4.01. The highest BCUT2D eigenvalue weighted by molar-refractivity contribution is 7.17. The zero-order valence-electron chi connectivity index (χ0n) is 14.7. The van der Waals surface area contributed by atoms with Gasteiger partial charge in [0.2, 0.25) is 5.91 Å². The Hall–Kier alpha value is -1.36. The number of fused-ring (bicyclic) bond motifs is 1. The van der Waals surface area contributed by atoms with E-state index in [0.29, 0.717) is 23.1 Å². The van der Waals surface area contributed by atoms with Crippen LogP contribution in [0.5, 0.6) is 0 Å². The summed E-state index contributed by atoms with van der Waals surface area (Å²) in [6.45, 7) is 10.2. The lowest BCUT2D eigenvalue weighted by atomic mass is 9.88. The largest absolute Gasteiger partial charge is 0.462 e. The number of ether oxygens (including phenoxy) is 1. The second-order valence-corrected chi connectivity index (χ2v) is 8.50. The zero-order valence-corrected chi connectivity index (χ0v) is 15.6. The number of carbonyl (C=O) groups is 2. The summed E-state index contributed by atoms with van der Waals surface area (Å²) in [5, 5.41) is 3.62. The lowest BCUT2D eigenvalue weighted by Crippen LogP contribution is -2.28. The normalized spacial score (nSPS) is 17.5. The molecule has 1 aromatic rings. The van der Waals surface area contributed by atoms with Crippen LogP contribution in [0.1, 0.15) is 68.3 Å². The van der Waals surface area contributed by atoms with E-state index >= 15 is 0 Å². The Balaban J connectivity index is 2.36. The van der Waals surface area contributed by atoms with Gasteiger partial charge in [0, 0.05) is 10.3 Å². The first-order valence-electron chi connectivity index (χ1n) is 8.37. The van der Waals surface area contributed by atoms with Gasteiger partial charge in [-0.1, -0.05) is 34.6 Å². The van der Waals surface area contributed by atoms with E-state index in [9.17, 15) is 9.59 Å². The van der Waals surface area contributed by atoms with Gasteiger partial charge in [0.15, 0.2) is 0 Å². The number of esters is 1. The van der Waals surface area contributed by atoms with Gasteiger partial charge < -0.3 is 10.1 Å². The minimum Gasteiger partial charge on any atom is -0.462 e. The Morgan fingerprint density at radius 1 is 1.35 bits per heavy atom. The molecule has 5 heteroatoms. The third-order valence-electron chi connectivity index (χ3n) is 4.06. The third-order valence-corrected chi connectivity index (χ3v) is 5.23. The van der Waals surface area contributed by atoms with Crippen molar-refractivity contribution in [3.63, 3.8) is 0 Å². The van der Waals surface area contributed by atoms with Crippen molar-refractivity contribution in [3.8, 4) is 0 Å². The molecule has 0 aromatic carbocycles. The molecular weight excluding hydrogens is 310 g/mol. The second kappa shape index (κ2) is 7.04. The molecule has 23 heavy (non-hydrogen) atoms. The van der Waals surface area contributed by atoms with Gasteiger partial charge in [-0.15, -0.1) is 11.3 Å². The lowest BCUT2D eigenvalue weighted by Gasteiger charge is -2.19. The number of thiophene rings is 1. The van der Waals surface area contributed by atoms with Crippen molar-refractivity contribution in [2.45, 2.75) is 60.3 Å². The van der Waals surface area contributed by atoms with Gasteiger partial charge in [-0.3, -0.25) is 4.79 Å². The molecule has 1 aliphatic rings. The fourth-order valence-electron chi connectivity index (χ4n) is 2.61. The van der Waals surface area contributed by atoms with Crippen LogP contribution >= 0.6 is 11.3 Å². The molecule has 0 saturated heterocycles. The molecule has 1 N–H and O–H groups in total. The van der Waals surface area contributed by atoms with Gasteiger partial charge in [-0.05, 0) is 37.2 Å². The van der Waals surface area contributed by atoms with E-state index in [1.54, 1.807) is 0 Å². The van der Waals surface area contributed by atoms with Gasteiger partial charge >= 0.3 is 5.97 Å². The van der Waals surface area contributed by atoms with Crippen molar-refractivity contribution >= 4 is 28.2 Å². The van der Waals surface area contributed by atoms with Gasteiger partial charge in [-0.2, -0.15) is 0 Å². The van der Waals surface area contributed by atoms with Gasteiger partial charge in [-0.25, -0.2) is 4.79 Å². The van der Waals surface area contributed by atoms with E-state index in [0.717, 1.165) is 31.2 Å². The molecule has 2 rings (SSSR count). The van der Waals surface area contributed by atoms with Crippen LogP contribution < -0.4 is 5.32 Å². The Morgan fingerprint density at radius 2 is 2.04 bits per heavy atom. The molecular formula is C18H27NO3S. The third kappa shape index (κ3) is 4.14. The van der Waals surface area contributed by atoms with Crippen LogP contribution in [0, 0.1) is 11.3 Å². The van der Waals surface area contributed by atoms with Crippen molar-refractivity contribution in [1.82, 2.24) is 0 Å². The summed E-state index contributed by atoms with van der Waals surface area (Å²) in [4.78, 5) is 26.1. The van der Waals surface area contributed by atoms with Crippen LogP contribution in [0.4, 0.5) is 5.00 Å². The van der Waals surface area contributed by atoms with Crippen LogP contribution in [-0.4, -0.2) is 18.5 Å². The molecule has 0 bridgehead atoms. The minimum absolute atomic E-state index is 0.0753. The molecule has 0 saturated carbocycles. The predicted molar refractivity (Wildman–Crippen MR) is 94.2 cm³/mol. The molecule has 0 fully saturated rings. The molecule has 0 spiro atoms. The first kappa shape index (κ1) is 18.0. The Kier molecular flexibility index (Phi) is 5.50. The summed E-state index contributed by atoms with van der Waals surface area (Å²) in [6, 6.07) is 0. The second-order valence-electron chi connectivity index (χ2n) is 7.40. The van der Waals surface area contributed by atoms with E-state index in [2.05, 4.69) is 12.2 Å². The summed E-state index contributed by atoms with van der Waals surface area (Å²) in [6.07, 6.45) is 3.72. The highest BCUT2D eigenvalue weighted by Crippen LogP contribution is 2.40. The van der Waals surface area contributed by atoms with E-state index in [1.165, 1.54) is 16.2 Å². The molecule has 1 atom stereocenters. The van der Waals surface area contributed by atoms with Crippen molar-refractivity contribution in [2.75, 3.05) is 11.9 Å². The summed E-state index contributed by atoms with van der Waals surface area (Å²) in [7, 11) is 0. The van der Waals surface area contributed by atoms with Crippen molar-refractivity contribution < 1.29 is 14.3 Å². The van der Waals surface area contributed by atoms with E-state index in [-0.39, 0.29) is 11.9 Å². The number of amides is 1. The number of carbonyl (C=O) groups excluding carboxylic acids is 2. The van der Waals surface area contributed by atoms with Crippen molar-refractivity contribution in [2.24, 2.45) is 11.3 Å². The SMILES string of the molecule is CCCOC(=O)c1c(NC(=O)C(C)(C)C)sc2c1CCC(C)C2. The number of rotatable bonds is 4. The Labute approximate surface area is 142 Å². The molecule has 4 nitrogen and oxygen atoms in total. The molecule has 1 heterocycles. The van der Waals surface area contributed by atoms with Crippen molar-refractivity contribution in [3.05, 3.63) is 16.0 Å². The average molecular weight is 337 g/mol. The smallest absolute Gasteiger partial charge is 0.341 e. The number of hydrogen-bond donors (Lipinski definition) is 1. The van der Waals surface area contributed by atoms with E-state index in [4.69, 9.17) is 4.74 Å². The highest BCUT2D eigenvalue weighted by Gasteiger charge is 2.31. The first-order valence-corrected chi connectivity index (χ1v) is 9.18. The molecule has 1 amide bonds. The Morgan fingerprint density at radius 3 is 2.65 bits per heavy atom. The zero-order chi connectivity index (χ0) is 17.2. The first-order chi connectivity index (χ1) is 10.7. The van der Waals surface area contributed by atoms with Crippen molar-refractivity contribution in [1.29, 1.82) is 0 Å². The fraction of sp³-hybridized carbons (Fsp3) is 0.667. The summed E-state index contributed by atoms with van der Waals surface area (Å²) >= 11 is 1.54. The van der Waals surface area contributed by atoms with Crippen LogP contribution in [0.3, 0.4) is 0 Å². The lowest BCUT2D eigenvalue weighted by molar-refractivity contribution is -0.123. The summed E-state index contributed by atoms with van der Waals surface area (Å²) in [5.41, 5.74) is 1.17. The van der Waals surface area contributed by atoms with Crippen LogP contribution in [-0.2, 0) is 22.4 Å². The van der Waals surface area contributed by atoms with Gasteiger partial charge in [0.25, 0.3) is 0 Å². The number of nitrogens with one attached hydrogen (secondary N) is 1. The molecule has 128 valence electrons. The molecule has 1 unspecified atom stereocenters. The van der Waals surface area contributed by atoms with E-state index < -0.39 is 5.41 Å². The topological polar surface area (TPSA) is 55.4 Å². The number of anilines is 1. The molecule has 1 aliphatic carbocycles. The maximum atomic E-state index is 12.5. The minimum atomic E-state index is -0.498. The summed E-state index contributed by atoms with van der Waals surface area (Å²) in [5.74, 6) is 0.239. The predicted octanol–water partition coefficient (Wildman–Crippen LogP) is 4.42. The maximum Gasteiger partial charge on any atom is 0.341 e. The van der Waals surface area contributed by atoms with Crippen LogP contribution in [0.2, 0.25) is 0 Å². The Bertz CT molecular complexity index is 598. The quantitative estimate of drug-likeness (QED) is 0.827. The highest BCUT2D eigenvalue weighted by atomic mass is 32.1. The summed E-state index contributed by atoms with van der Waals surface area (Å²) < 4.78 is 5.35. The molecule has 1 aromatic heterocycles. The number of hydrogen-bond acceptors (Lipinski definition) is 4. The van der Waals surface area contributed by atoms with Gasteiger partial charge in [0.1, 0.15) is 5.00 Å². The maximum absolute atomic E-state index is 12.5. The molecule has 0 aliphatic heterocycles. The standard InChI is InChI=1S/C18H27NO3S/c1-6-9-22-16(20)14-12-8-7-11(2)10-13(12)23-15(14)19-17(21)18(3,4)5/h11H,6-10H2,1-5H3,(H,19,21).